The van der Waals surface area contributed by atoms with Crippen molar-refractivity contribution >= 4 is 87.3 Å². The number of aliphatic carboxylic acids is 3. The van der Waals surface area contributed by atoms with Crippen LogP contribution in [0.5, 0.6) is 0 Å². The molecule has 2 heterocycles. The van der Waals surface area contributed by atoms with E-state index in [4.69, 9.17) is 33.5 Å². The van der Waals surface area contributed by atoms with E-state index in [0.717, 1.165) is 23.9 Å². The molecule has 2 bridgehead atoms. The van der Waals surface area contributed by atoms with Gasteiger partial charge in [-0.1, -0.05) is 120 Å². The predicted octanol–water partition coefficient (Wildman–Crippen LogP) is 7.49. The van der Waals surface area contributed by atoms with Gasteiger partial charge in [0, 0.05) is 87.2 Å². The smallest absolute Gasteiger partial charge is 0.350 e. The number of hydrogen-bond acceptors (Lipinski definition) is 22. The van der Waals surface area contributed by atoms with Crippen LogP contribution in [-0.4, -0.2) is 190 Å². The average molecular weight is 1580 g/mol. The molecule has 30 nitrogen and oxygen atoms in total. The summed E-state index contributed by atoms with van der Waals surface area (Å²) in [6, 6.07) is 25.8. The first-order chi connectivity index (χ1) is 51.8. The monoisotopic (exact) mass is 1570 g/mol. The fourth-order valence-electron chi connectivity index (χ4n) is 15.2. The number of fused-ring (bicyclic) bond motifs is 5. The number of halogens is 1. The highest BCUT2D eigenvalue weighted by Gasteiger charge is 2.78. The molecule has 1 aromatic heterocycles. The van der Waals surface area contributed by atoms with Crippen molar-refractivity contribution in [2.45, 2.75) is 210 Å². The maximum absolute atomic E-state index is 16.0. The van der Waals surface area contributed by atoms with Crippen molar-refractivity contribution in [3.8, 4) is 0 Å². The number of aliphatic hydroxyl groups is 2. The Morgan fingerprint density at radius 3 is 1.96 bits per heavy atom. The first kappa shape index (κ1) is 82.8. The molecule has 1 saturated heterocycles. The highest BCUT2D eigenvalue weighted by molar-refractivity contribution is 9.10. The van der Waals surface area contributed by atoms with Gasteiger partial charge in [0.05, 0.1) is 35.3 Å². The molecule has 109 heavy (non-hydrogen) atoms. The van der Waals surface area contributed by atoms with Crippen LogP contribution in [0.1, 0.15) is 169 Å². The number of carboxylic acid groups (broad SMARTS) is 3. The predicted molar refractivity (Wildman–Crippen MR) is 388 cm³/mol. The number of carbonyl (C=O) groups excluding carboxylic acids is 9. The van der Waals surface area contributed by atoms with Crippen LogP contribution in [0.15, 0.2) is 137 Å². The molecule has 0 radical (unpaired) electrons. The Bertz CT molecular complexity index is 4180. The summed E-state index contributed by atoms with van der Waals surface area (Å²) >= 11 is 3.43. The molecule has 4 aliphatic rings. The molecule has 13 atom stereocenters. The number of hydrogen-bond donors (Lipinski definition) is 8. The van der Waals surface area contributed by atoms with Crippen LogP contribution in [0, 0.1) is 16.7 Å². The molecule has 1 aliphatic heterocycles. The van der Waals surface area contributed by atoms with Gasteiger partial charge in [0.1, 0.15) is 42.0 Å². The Labute approximate surface area is 637 Å². The van der Waals surface area contributed by atoms with Crippen molar-refractivity contribution in [2.75, 3.05) is 13.2 Å². The minimum Gasteiger partial charge on any atom is -0.481 e. The maximum Gasteiger partial charge on any atom is 0.350 e. The number of esters is 5. The molecule has 0 unspecified atom stereocenters. The number of amides is 4. The molecule has 4 amide bonds. The number of urea groups is 1. The summed E-state index contributed by atoms with van der Waals surface area (Å²) in [4.78, 5) is 165. The van der Waals surface area contributed by atoms with E-state index >= 15 is 9.59 Å². The second-order valence-corrected chi connectivity index (χ2v) is 29.6. The van der Waals surface area contributed by atoms with Crippen LogP contribution in [0.2, 0.25) is 0 Å². The van der Waals surface area contributed by atoms with Gasteiger partial charge in [-0.05, 0) is 124 Å². The number of rotatable bonds is 35. The lowest BCUT2D eigenvalue weighted by Crippen LogP contribution is -2.82. The average Bonchev–Trinajstić information content (AvgIpc) is 0.902. The number of aliphatic hydroxyl groups excluding tert-OH is 1. The summed E-state index contributed by atoms with van der Waals surface area (Å²) in [5, 5.41) is 70.6. The molecular weight excluding hydrogens is 1480 g/mol. The lowest BCUT2D eigenvalue weighted by molar-refractivity contribution is -0.346. The van der Waals surface area contributed by atoms with Gasteiger partial charge < -0.3 is 74.8 Å². The highest BCUT2D eigenvalue weighted by Crippen LogP contribution is 2.64. The largest absolute Gasteiger partial charge is 0.481 e. The van der Waals surface area contributed by atoms with E-state index in [0.29, 0.717) is 37.9 Å². The van der Waals surface area contributed by atoms with Gasteiger partial charge >= 0.3 is 53.8 Å². The number of carbonyl (C=O) groups is 12. The van der Waals surface area contributed by atoms with E-state index in [1.54, 1.807) is 82.5 Å². The van der Waals surface area contributed by atoms with Crippen LogP contribution in [0.25, 0.3) is 0 Å². The first-order valence-corrected chi connectivity index (χ1v) is 36.9. The Morgan fingerprint density at radius 2 is 1.36 bits per heavy atom. The Kier molecular flexibility index (Phi) is 27.6. The van der Waals surface area contributed by atoms with Gasteiger partial charge in [0.25, 0.3) is 5.91 Å². The number of ether oxygens (including phenoxy) is 6. The minimum absolute atomic E-state index is 0.0117. The highest BCUT2D eigenvalue weighted by atomic mass is 79.9. The topological polar surface area (TPSA) is 431 Å². The van der Waals surface area contributed by atoms with Crippen molar-refractivity contribution < 1.29 is 111 Å². The number of carboxylic acids is 3. The van der Waals surface area contributed by atoms with Crippen molar-refractivity contribution in [3.63, 3.8) is 0 Å². The van der Waals surface area contributed by atoms with Gasteiger partial charge in [0.15, 0.2) is 17.5 Å². The van der Waals surface area contributed by atoms with Gasteiger partial charge in [0.2, 0.25) is 12.0 Å². The quantitative estimate of drug-likeness (QED) is 0.00842. The van der Waals surface area contributed by atoms with Crippen molar-refractivity contribution in [1.82, 2.24) is 35.8 Å². The van der Waals surface area contributed by atoms with E-state index < -0.39 is 167 Å². The molecule has 3 aliphatic carbocycles. The van der Waals surface area contributed by atoms with Crippen LogP contribution in [-0.2, 0) is 91.1 Å². The molecule has 8 N–H and O–H groups in total. The number of aryl methyl sites for hydroxylation is 2. The Morgan fingerprint density at radius 1 is 0.725 bits per heavy atom. The van der Waals surface area contributed by atoms with Gasteiger partial charge in [-0.3, -0.25) is 38.2 Å². The third kappa shape index (κ3) is 19.6. The molecule has 31 heteroatoms. The normalized spacial score (nSPS) is 23.5. The second kappa shape index (κ2) is 36.3. The zero-order chi connectivity index (χ0) is 79.1. The van der Waals surface area contributed by atoms with Crippen LogP contribution in [0.4, 0.5) is 4.79 Å². The zero-order valence-electron chi connectivity index (χ0n) is 61.3. The molecule has 2 saturated carbocycles. The maximum atomic E-state index is 16.0. The molecule has 3 fully saturated rings. The summed E-state index contributed by atoms with van der Waals surface area (Å²) in [6.45, 7) is 8.67. The molecule has 0 spiro atoms. The zero-order valence-corrected chi connectivity index (χ0v) is 62.9. The molecular formula is C78H92BrN7O23. The molecule has 4 aromatic carbocycles. The van der Waals surface area contributed by atoms with E-state index in [1.807, 2.05) is 24.3 Å². The van der Waals surface area contributed by atoms with E-state index in [1.165, 1.54) is 52.0 Å². The second-order valence-electron chi connectivity index (χ2n) is 28.7. The third-order valence-corrected chi connectivity index (χ3v) is 21.6. The first-order valence-electron chi connectivity index (χ1n) is 36.1. The third-order valence-electron chi connectivity index (χ3n) is 21.1. The number of nitrogens with zero attached hydrogens (tertiary/aromatic N) is 4. The van der Waals surface area contributed by atoms with Crippen LogP contribution >= 0.6 is 15.9 Å². The number of ketones is 1. The molecule has 584 valence electrons. The van der Waals surface area contributed by atoms with Crippen molar-refractivity contribution in [3.05, 3.63) is 165 Å². The summed E-state index contributed by atoms with van der Waals surface area (Å²) in [5.74, 6) is -12.5. The van der Waals surface area contributed by atoms with E-state index in [-0.39, 0.29) is 98.4 Å². The van der Waals surface area contributed by atoms with Crippen LogP contribution in [0.3, 0.4) is 0 Å². The Hall–Kier alpha value is -10.2. The van der Waals surface area contributed by atoms with Crippen LogP contribution < -0.4 is 16.0 Å². The summed E-state index contributed by atoms with van der Waals surface area (Å²) in [6.07, 6.45) is -8.01. The summed E-state index contributed by atoms with van der Waals surface area (Å²) < 4.78 is 39.8. The number of aromatic nitrogens is 3. The number of unbranched alkanes of at least 4 members (excludes halogenated alkanes) is 3. The van der Waals surface area contributed by atoms with E-state index in [2.05, 4.69) is 42.2 Å². The molecule has 9 rings (SSSR count). The van der Waals surface area contributed by atoms with Gasteiger partial charge in [-0.2, -0.15) is 0 Å². The lowest BCUT2D eigenvalue weighted by Gasteiger charge is -2.67. The minimum atomic E-state index is -2.53. The Balaban J connectivity index is 0.899. The number of benzene rings is 4. The fraction of sp³-hybridized carbons (Fsp3) is 0.487. The summed E-state index contributed by atoms with van der Waals surface area (Å²) in [5.41, 5.74) is -6.51. The SMILES string of the molecule is CC(=O)O[C@H]1C(=O)[C@@]2(C)[C@H]([C@H](OC(=O)c3ccccc3)[C@]3(O)C[C@H](OC(=O)[C@H](OC(=O)CCCc4cn(CCCCCC(=O)N(CCCC[C@H](NC(=O)N[C@@H](CCC(=O)O)C(=O)O)C(=O)O)Cc5ccc(Br)cc5)nn4)[C@@H](NC(=O)c4ccccc4)c4ccccc4)C(C)=C1C3(C)C)[C@]1(OC(C)=O)CO[C@@H]1C[C@@H]2O. The van der Waals surface area contributed by atoms with E-state index in [9.17, 15) is 68.4 Å². The number of nitrogens with one attached hydrogen (secondary N) is 3. The summed E-state index contributed by atoms with van der Waals surface area (Å²) in [7, 11) is 0. The lowest BCUT2D eigenvalue weighted by atomic mass is 9.44. The van der Waals surface area contributed by atoms with Crippen molar-refractivity contribution in [1.29, 1.82) is 0 Å². The van der Waals surface area contributed by atoms with Gasteiger partial charge in [-0.15, -0.1) is 5.10 Å². The fourth-order valence-corrected chi connectivity index (χ4v) is 15.5. The van der Waals surface area contributed by atoms with Crippen molar-refractivity contribution in [2.24, 2.45) is 16.7 Å². The molecule has 5 aromatic rings. The standard InChI is InChI=1S/C78H92BrN7O23/c1-45-56(41-78(103)68(108-72(100)51-26-15-9-16-27-51)66-76(6,57(89)40-58-77(66,44-104-58)109-47(3)88)67(94)64(105-46(2)87)62(45)75(78,4)5)106-73(101)65(63(49-22-11-7-12-23-49)82-69(95)50-24-13-8-14-25-50)107-61(93)31-21-28-53-43-86(84-83-53)39-19-10-17-30-59(90)85(42-48-32-34-52(79)35-33-48)38-20-18-29-54(70(96)97)80-74(102)81-55(71(98)99)36-37-60(91)92/h7-9,11-16,22-27,32-35,43,54-58,63-66,68,89,103H,10,17-21,28-31,36-42,44H2,1-6H3,(H,82,95)(H,91,92)(H,96,97)(H,98,99)(H2,80,81,102)/t54-,55-,56-,57-,58+,63-,64+,65+,66-,68-,76+,77-,78+/m0/s1. The van der Waals surface area contributed by atoms with Gasteiger partial charge in [-0.25, -0.2) is 24.0 Å². The number of Topliss-reactive ketones (excluding diaryl/α,β-unsaturated/α-hetero) is 1.